The van der Waals surface area contributed by atoms with Crippen molar-refractivity contribution in [1.82, 2.24) is 9.97 Å². The van der Waals surface area contributed by atoms with Gasteiger partial charge in [0.2, 0.25) is 16.0 Å². The largest absolute Gasteiger partial charge is 0.486 e. The van der Waals surface area contributed by atoms with Gasteiger partial charge < -0.3 is 15.0 Å². The first-order valence-electron chi connectivity index (χ1n) is 12.0. The van der Waals surface area contributed by atoms with Crippen LogP contribution in [0.4, 0.5) is 36.2 Å². The van der Waals surface area contributed by atoms with E-state index in [9.17, 15) is 21.6 Å². The first-order chi connectivity index (χ1) is 17.6. The van der Waals surface area contributed by atoms with Gasteiger partial charge in [0.25, 0.3) is 0 Å². The van der Waals surface area contributed by atoms with Gasteiger partial charge in [-0.05, 0) is 57.0 Å². The van der Waals surface area contributed by atoms with Crippen molar-refractivity contribution >= 4 is 33.0 Å². The number of anilines is 4. The molecule has 5 rings (SSSR count). The van der Waals surface area contributed by atoms with Crippen molar-refractivity contribution in [3.05, 3.63) is 54.0 Å². The number of ether oxygens (including phenoxy) is 1. The van der Waals surface area contributed by atoms with E-state index in [0.717, 1.165) is 22.6 Å². The second kappa shape index (κ2) is 9.73. The molecule has 3 aromatic rings. The number of hydrogen-bond acceptors (Lipinski definition) is 7. The summed E-state index contributed by atoms with van der Waals surface area (Å²) in [6.45, 7) is 5.06. The van der Waals surface area contributed by atoms with E-state index < -0.39 is 27.5 Å². The molecule has 2 aliphatic heterocycles. The molecule has 37 heavy (non-hydrogen) atoms. The van der Waals surface area contributed by atoms with Gasteiger partial charge in [-0.3, -0.25) is 4.31 Å². The lowest BCUT2D eigenvalue weighted by Crippen LogP contribution is -2.38. The minimum atomic E-state index is -3.57. The van der Waals surface area contributed by atoms with E-state index in [2.05, 4.69) is 15.3 Å². The summed E-state index contributed by atoms with van der Waals surface area (Å²) in [6.07, 6.45) is 2.14. The number of fused-ring (bicyclic) bond motifs is 1. The van der Waals surface area contributed by atoms with Crippen LogP contribution in [0.2, 0.25) is 0 Å². The molecule has 0 unspecified atom stereocenters. The maximum Gasteiger partial charge on any atom is 0.235 e. The minimum absolute atomic E-state index is 0.0248. The zero-order valence-corrected chi connectivity index (χ0v) is 21.2. The molecule has 0 amide bonds. The maximum atomic E-state index is 14.9. The molecule has 1 aromatic heterocycles. The maximum absolute atomic E-state index is 14.9. The molecule has 0 bridgehead atoms. The smallest absolute Gasteiger partial charge is 0.235 e. The summed E-state index contributed by atoms with van der Waals surface area (Å²) < 4.78 is 75.8. The monoisotopic (exact) mass is 533 g/mol. The molecule has 196 valence electrons. The van der Waals surface area contributed by atoms with Crippen LogP contribution in [0, 0.1) is 17.5 Å². The normalized spacial score (nSPS) is 16.9. The average Bonchev–Trinajstić information content (AvgIpc) is 2.85. The van der Waals surface area contributed by atoms with E-state index >= 15 is 0 Å². The Balaban J connectivity index is 1.45. The highest BCUT2D eigenvalue weighted by Gasteiger charge is 2.28. The van der Waals surface area contributed by atoms with Crippen LogP contribution in [-0.4, -0.2) is 49.9 Å². The lowest BCUT2D eigenvalue weighted by atomic mass is 10.1. The van der Waals surface area contributed by atoms with Crippen LogP contribution in [0.1, 0.15) is 26.7 Å². The van der Waals surface area contributed by atoms with E-state index in [1.54, 1.807) is 6.07 Å². The summed E-state index contributed by atoms with van der Waals surface area (Å²) in [5, 5.41) is 2.81. The molecule has 0 spiro atoms. The number of halogens is 3. The number of sulfonamides is 1. The van der Waals surface area contributed by atoms with Crippen molar-refractivity contribution in [3.8, 4) is 17.0 Å². The molecule has 8 nitrogen and oxygen atoms in total. The molecule has 2 aliphatic rings. The molecular weight excluding hydrogens is 507 g/mol. The van der Waals surface area contributed by atoms with Crippen LogP contribution in [0.3, 0.4) is 0 Å². The number of nitrogens with zero attached hydrogens (tertiary/aromatic N) is 4. The van der Waals surface area contributed by atoms with E-state index in [1.165, 1.54) is 12.1 Å². The van der Waals surface area contributed by atoms with E-state index in [1.807, 2.05) is 18.7 Å². The van der Waals surface area contributed by atoms with E-state index in [-0.39, 0.29) is 52.7 Å². The number of benzene rings is 2. The minimum Gasteiger partial charge on any atom is -0.486 e. The number of rotatable bonds is 5. The predicted molar refractivity (Wildman–Crippen MR) is 135 cm³/mol. The van der Waals surface area contributed by atoms with Gasteiger partial charge in [0.1, 0.15) is 18.1 Å². The Kier molecular flexibility index (Phi) is 6.61. The zero-order chi connectivity index (χ0) is 26.3. The molecule has 1 saturated heterocycles. The number of nitrogens with one attached hydrogen (secondary N) is 1. The Morgan fingerprint density at radius 2 is 1.81 bits per heavy atom. The van der Waals surface area contributed by atoms with Crippen molar-refractivity contribution in [2.75, 3.05) is 40.0 Å². The number of hydrogen-bond donors (Lipinski definition) is 1. The summed E-state index contributed by atoms with van der Waals surface area (Å²) in [6, 6.07) is 6.84. The van der Waals surface area contributed by atoms with Crippen LogP contribution < -0.4 is 19.3 Å². The SMILES string of the molecule is CC(C)N1CCOc2c(F)cc(-c3nc(Nc4ccc(N5CCCCS5(=O)=O)c(F)c4)ncc3F)cc21. The lowest BCUT2D eigenvalue weighted by molar-refractivity contribution is 0.287. The van der Waals surface area contributed by atoms with Crippen molar-refractivity contribution in [1.29, 1.82) is 0 Å². The summed E-state index contributed by atoms with van der Waals surface area (Å²) in [5.74, 6) is -2.07. The Morgan fingerprint density at radius 1 is 1.00 bits per heavy atom. The molecule has 12 heteroatoms. The van der Waals surface area contributed by atoms with Crippen molar-refractivity contribution in [3.63, 3.8) is 0 Å². The fraction of sp³-hybridized carbons (Fsp3) is 0.360. The third kappa shape index (κ3) is 4.89. The molecule has 0 atom stereocenters. The van der Waals surface area contributed by atoms with Crippen LogP contribution >= 0.6 is 0 Å². The third-order valence-corrected chi connectivity index (χ3v) is 8.23. The summed E-state index contributed by atoms with van der Waals surface area (Å²) in [5.41, 5.74) is 0.780. The highest BCUT2D eigenvalue weighted by molar-refractivity contribution is 7.92. The molecule has 3 heterocycles. The second-order valence-corrected chi connectivity index (χ2v) is 11.2. The second-order valence-electron chi connectivity index (χ2n) is 9.22. The van der Waals surface area contributed by atoms with Crippen LogP contribution in [0.15, 0.2) is 36.5 Å². The van der Waals surface area contributed by atoms with Crippen molar-refractivity contribution in [2.45, 2.75) is 32.7 Å². The quantitative estimate of drug-likeness (QED) is 0.502. The van der Waals surface area contributed by atoms with Gasteiger partial charge in [-0.25, -0.2) is 31.6 Å². The molecule has 0 aliphatic carbocycles. The van der Waals surface area contributed by atoms with Gasteiger partial charge in [-0.1, -0.05) is 0 Å². The van der Waals surface area contributed by atoms with Gasteiger partial charge in [0, 0.05) is 23.8 Å². The topological polar surface area (TPSA) is 87.7 Å². The molecular formula is C25H26F3N5O3S. The van der Waals surface area contributed by atoms with Gasteiger partial charge in [0.05, 0.1) is 29.9 Å². The standard InChI is InChI=1S/C25H26F3N5O3S/c1-15(2)32-8-9-36-24-19(27)11-16(12-22(24)32)23-20(28)14-29-25(31-23)30-17-5-6-21(18(26)13-17)33-7-3-4-10-37(33,34)35/h5-6,11-15H,3-4,7-10H2,1-2H3,(H,29,30,31). The lowest BCUT2D eigenvalue weighted by Gasteiger charge is -2.34. The highest BCUT2D eigenvalue weighted by atomic mass is 32.2. The van der Waals surface area contributed by atoms with E-state index in [0.29, 0.717) is 31.7 Å². The zero-order valence-electron chi connectivity index (χ0n) is 20.3. The third-order valence-electron chi connectivity index (χ3n) is 6.37. The molecule has 1 fully saturated rings. The molecule has 2 aromatic carbocycles. The highest BCUT2D eigenvalue weighted by Crippen LogP contribution is 2.39. The van der Waals surface area contributed by atoms with Gasteiger partial charge in [-0.2, -0.15) is 0 Å². The van der Waals surface area contributed by atoms with Crippen LogP contribution in [0.25, 0.3) is 11.3 Å². The van der Waals surface area contributed by atoms with Crippen molar-refractivity contribution < 1.29 is 26.3 Å². The summed E-state index contributed by atoms with van der Waals surface area (Å²) in [4.78, 5) is 10.1. The predicted octanol–water partition coefficient (Wildman–Crippen LogP) is 4.84. The molecule has 0 radical (unpaired) electrons. The first kappa shape index (κ1) is 25.1. The fourth-order valence-electron chi connectivity index (χ4n) is 4.58. The Morgan fingerprint density at radius 3 is 2.54 bits per heavy atom. The van der Waals surface area contributed by atoms with E-state index in [4.69, 9.17) is 4.74 Å². The van der Waals surface area contributed by atoms with Crippen molar-refractivity contribution in [2.24, 2.45) is 0 Å². The Hall–Kier alpha value is -3.54. The fourth-order valence-corrected chi connectivity index (χ4v) is 6.22. The van der Waals surface area contributed by atoms with Gasteiger partial charge in [-0.15, -0.1) is 0 Å². The number of aromatic nitrogens is 2. The van der Waals surface area contributed by atoms with Crippen LogP contribution in [0.5, 0.6) is 5.75 Å². The molecule has 1 N–H and O–H groups in total. The average molecular weight is 534 g/mol. The Bertz CT molecular complexity index is 1450. The summed E-state index contributed by atoms with van der Waals surface area (Å²) >= 11 is 0. The van der Waals surface area contributed by atoms with Gasteiger partial charge >= 0.3 is 0 Å². The Labute approximate surface area is 213 Å². The van der Waals surface area contributed by atoms with Gasteiger partial charge in [0.15, 0.2) is 17.4 Å². The van der Waals surface area contributed by atoms with Crippen LogP contribution in [-0.2, 0) is 10.0 Å². The molecule has 0 saturated carbocycles. The summed E-state index contributed by atoms with van der Waals surface area (Å²) in [7, 11) is -3.57. The first-order valence-corrected chi connectivity index (χ1v) is 13.6.